The number of fused-ring (bicyclic) bond motifs is 1. The lowest BCUT2D eigenvalue weighted by Crippen LogP contribution is -2.13. The van der Waals surface area contributed by atoms with E-state index in [9.17, 15) is 4.79 Å². The van der Waals surface area contributed by atoms with Crippen molar-refractivity contribution in [2.24, 2.45) is 0 Å². The van der Waals surface area contributed by atoms with E-state index < -0.39 is 0 Å². The molecule has 0 saturated heterocycles. The molecule has 0 unspecified atom stereocenters. The molecule has 2 heterocycles. The number of amides is 1. The minimum absolute atomic E-state index is 0.293. The van der Waals surface area contributed by atoms with Crippen LogP contribution >= 0.6 is 22.9 Å². The van der Waals surface area contributed by atoms with E-state index in [1.807, 2.05) is 29.6 Å². The van der Waals surface area contributed by atoms with E-state index in [0.717, 1.165) is 40.9 Å². The van der Waals surface area contributed by atoms with Crippen LogP contribution in [0.5, 0.6) is 11.6 Å². The van der Waals surface area contributed by atoms with Crippen LogP contribution in [-0.4, -0.2) is 41.4 Å². The van der Waals surface area contributed by atoms with Crippen LogP contribution in [0.15, 0.2) is 66.6 Å². The number of anilines is 3. The normalized spacial score (nSPS) is 11.0. The number of aryl methyl sites for hydroxylation is 1. The van der Waals surface area contributed by atoms with Gasteiger partial charge in [-0.2, -0.15) is 4.98 Å². The maximum atomic E-state index is 11.6. The van der Waals surface area contributed by atoms with Crippen molar-refractivity contribution in [2.75, 3.05) is 31.3 Å². The molecule has 2 aromatic heterocycles. The largest absolute Gasteiger partial charge is 0.437 e. The van der Waals surface area contributed by atoms with Crippen LogP contribution in [0.1, 0.15) is 12.0 Å². The van der Waals surface area contributed by atoms with Gasteiger partial charge in [0, 0.05) is 22.5 Å². The molecule has 0 saturated carbocycles. The van der Waals surface area contributed by atoms with Crippen LogP contribution in [0.3, 0.4) is 0 Å². The quantitative estimate of drug-likeness (QED) is 0.238. The Kier molecular flexibility index (Phi) is 7.97. The fraction of sp³-hybridized carbons (Fsp3) is 0.192. The third kappa shape index (κ3) is 6.57. The number of nitrogens with zero attached hydrogens (tertiary/aromatic N) is 3. The number of rotatable bonds is 10. The first kappa shape index (κ1) is 24.7. The van der Waals surface area contributed by atoms with E-state index in [1.54, 1.807) is 24.3 Å². The molecule has 0 fully saturated rings. The fourth-order valence-electron chi connectivity index (χ4n) is 3.45. The zero-order valence-corrected chi connectivity index (χ0v) is 21.1. The van der Waals surface area contributed by atoms with E-state index in [2.05, 4.69) is 46.2 Å². The van der Waals surface area contributed by atoms with Crippen LogP contribution in [0.2, 0.25) is 5.02 Å². The van der Waals surface area contributed by atoms with Crippen LogP contribution in [0.4, 0.5) is 17.3 Å². The first-order valence-electron chi connectivity index (χ1n) is 11.1. The number of benzene rings is 2. The molecular weight excluding hydrogens is 482 g/mol. The van der Waals surface area contributed by atoms with Crippen LogP contribution < -0.4 is 15.4 Å². The summed E-state index contributed by atoms with van der Waals surface area (Å²) >= 11 is 8.03. The van der Waals surface area contributed by atoms with Gasteiger partial charge in [0.15, 0.2) is 0 Å². The van der Waals surface area contributed by atoms with Crippen molar-refractivity contribution in [1.29, 1.82) is 0 Å². The molecule has 0 spiro atoms. The van der Waals surface area contributed by atoms with Gasteiger partial charge in [0.1, 0.15) is 10.4 Å². The maximum Gasteiger partial charge on any atom is 0.247 e. The van der Waals surface area contributed by atoms with Gasteiger partial charge < -0.3 is 20.3 Å². The summed E-state index contributed by atoms with van der Waals surface area (Å²) in [5, 5.41) is 8.62. The Morgan fingerprint density at radius 3 is 2.80 bits per heavy atom. The first-order valence-corrected chi connectivity index (χ1v) is 12.3. The summed E-state index contributed by atoms with van der Waals surface area (Å²) in [6.45, 7) is 4.48. The van der Waals surface area contributed by atoms with Crippen LogP contribution in [-0.2, 0) is 11.2 Å². The number of carbonyl (C=O) groups is 1. The Morgan fingerprint density at radius 2 is 2.03 bits per heavy atom. The number of halogens is 1. The first-order chi connectivity index (χ1) is 16.9. The molecule has 2 N–H and O–H groups in total. The number of aromatic nitrogens is 2. The van der Waals surface area contributed by atoms with Gasteiger partial charge >= 0.3 is 0 Å². The van der Waals surface area contributed by atoms with E-state index in [4.69, 9.17) is 16.3 Å². The van der Waals surface area contributed by atoms with Gasteiger partial charge in [0.05, 0.1) is 5.52 Å². The number of hydrogen-bond acceptors (Lipinski definition) is 7. The van der Waals surface area contributed by atoms with Gasteiger partial charge in [-0.3, -0.25) is 4.79 Å². The summed E-state index contributed by atoms with van der Waals surface area (Å²) in [5.41, 5.74) is 3.27. The Morgan fingerprint density at radius 1 is 1.17 bits per heavy atom. The van der Waals surface area contributed by atoms with E-state index in [-0.39, 0.29) is 5.91 Å². The SMILES string of the molecule is C=CC(=O)Nc1cccc(Oc2nc(Nc3ccc(CCCN(C)C)c(Cl)c3)nc3ccsc23)c1. The second-order valence-corrected chi connectivity index (χ2v) is 9.47. The van der Waals surface area contributed by atoms with Gasteiger partial charge in [0.2, 0.25) is 17.7 Å². The highest BCUT2D eigenvalue weighted by molar-refractivity contribution is 7.17. The van der Waals surface area contributed by atoms with Gasteiger partial charge in [0.25, 0.3) is 0 Å². The molecule has 35 heavy (non-hydrogen) atoms. The number of carbonyl (C=O) groups excluding carboxylic acids is 1. The van der Waals surface area contributed by atoms with Gasteiger partial charge in [-0.05, 0) is 80.8 Å². The van der Waals surface area contributed by atoms with Crippen molar-refractivity contribution < 1.29 is 9.53 Å². The van der Waals surface area contributed by atoms with Crippen molar-refractivity contribution in [3.8, 4) is 11.6 Å². The minimum Gasteiger partial charge on any atom is -0.437 e. The second kappa shape index (κ2) is 11.3. The molecule has 4 aromatic rings. The molecule has 0 aliphatic carbocycles. The monoisotopic (exact) mass is 507 g/mol. The van der Waals surface area contributed by atoms with Crippen molar-refractivity contribution in [2.45, 2.75) is 12.8 Å². The van der Waals surface area contributed by atoms with E-state index >= 15 is 0 Å². The summed E-state index contributed by atoms with van der Waals surface area (Å²) in [6.07, 6.45) is 3.17. The number of nitrogens with one attached hydrogen (secondary N) is 2. The highest BCUT2D eigenvalue weighted by atomic mass is 35.5. The molecule has 0 aliphatic rings. The lowest BCUT2D eigenvalue weighted by molar-refractivity contribution is -0.111. The van der Waals surface area contributed by atoms with Crippen molar-refractivity contribution in [1.82, 2.24) is 14.9 Å². The smallest absolute Gasteiger partial charge is 0.247 e. The van der Waals surface area contributed by atoms with Crippen LogP contribution in [0, 0.1) is 0 Å². The average molecular weight is 508 g/mol. The summed E-state index contributed by atoms with van der Waals surface area (Å²) in [5.74, 6) is 1.07. The van der Waals surface area contributed by atoms with E-state index in [1.165, 1.54) is 17.4 Å². The number of thiophene rings is 1. The lowest BCUT2D eigenvalue weighted by Gasteiger charge is -2.12. The Hall–Kier alpha value is -3.46. The van der Waals surface area contributed by atoms with Crippen molar-refractivity contribution in [3.63, 3.8) is 0 Å². The summed E-state index contributed by atoms with van der Waals surface area (Å²) in [4.78, 5) is 23.0. The summed E-state index contributed by atoms with van der Waals surface area (Å²) in [6, 6.07) is 14.9. The third-order valence-electron chi connectivity index (χ3n) is 5.13. The molecule has 0 bridgehead atoms. The Balaban J connectivity index is 1.54. The van der Waals surface area contributed by atoms with Crippen molar-refractivity contribution >= 4 is 56.4 Å². The second-order valence-electron chi connectivity index (χ2n) is 8.15. The molecule has 0 atom stereocenters. The Bertz CT molecular complexity index is 1350. The maximum absolute atomic E-state index is 11.6. The standard InChI is InChI=1S/C26H26ClN5O2S/c1-4-23(33)28-18-8-5-9-20(15-18)34-25-24-22(12-14-35-24)30-26(31-25)29-19-11-10-17(21(27)16-19)7-6-13-32(2)3/h4-5,8-12,14-16H,1,6-7,13H2,2-3H3,(H,28,33)(H,29,30,31). The molecule has 1 amide bonds. The molecular formula is C26H26ClN5O2S. The molecule has 0 radical (unpaired) electrons. The number of ether oxygens (including phenoxy) is 1. The number of hydrogen-bond donors (Lipinski definition) is 2. The van der Waals surface area contributed by atoms with Gasteiger partial charge in [-0.1, -0.05) is 30.3 Å². The predicted molar refractivity (Wildman–Crippen MR) is 144 cm³/mol. The zero-order chi connectivity index (χ0) is 24.8. The minimum atomic E-state index is -0.293. The molecule has 9 heteroatoms. The fourth-order valence-corrected chi connectivity index (χ4v) is 4.48. The summed E-state index contributed by atoms with van der Waals surface area (Å²) < 4.78 is 6.93. The van der Waals surface area contributed by atoms with Crippen molar-refractivity contribution in [3.05, 3.63) is 77.2 Å². The summed E-state index contributed by atoms with van der Waals surface area (Å²) in [7, 11) is 4.13. The lowest BCUT2D eigenvalue weighted by atomic mass is 10.1. The molecule has 4 rings (SSSR count). The molecule has 2 aromatic carbocycles. The van der Waals surface area contributed by atoms with Gasteiger partial charge in [-0.25, -0.2) is 4.98 Å². The highest BCUT2D eigenvalue weighted by Gasteiger charge is 2.13. The topological polar surface area (TPSA) is 79.4 Å². The zero-order valence-electron chi connectivity index (χ0n) is 19.5. The third-order valence-corrected chi connectivity index (χ3v) is 6.38. The molecule has 180 valence electrons. The van der Waals surface area contributed by atoms with E-state index in [0.29, 0.717) is 28.3 Å². The van der Waals surface area contributed by atoms with Gasteiger partial charge in [-0.15, -0.1) is 11.3 Å². The Labute approximate surface area is 213 Å². The highest BCUT2D eigenvalue weighted by Crippen LogP contribution is 2.34. The van der Waals surface area contributed by atoms with Crippen LogP contribution in [0.25, 0.3) is 10.2 Å². The average Bonchev–Trinajstić information content (AvgIpc) is 3.29. The molecule has 0 aliphatic heterocycles. The predicted octanol–water partition coefficient (Wildman–Crippen LogP) is 6.50. The molecule has 7 nitrogen and oxygen atoms in total.